The van der Waals surface area contributed by atoms with Crippen molar-refractivity contribution in [3.8, 4) is 11.5 Å². The van der Waals surface area contributed by atoms with Gasteiger partial charge in [0.15, 0.2) is 11.5 Å². The summed E-state index contributed by atoms with van der Waals surface area (Å²) in [4.78, 5) is 48.5. The van der Waals surface area contributed by atoms with E-state index < -0.39 is 30.1 Å². The smallest absolute Gasteiger partial charge is 0.323 e. The Morgan fingerprint density at radius 1 is 0.861 bits per heavy atom. The Bertz CT molecular complexity index is 881. The summed E-state index contributed by atoms with van der Waals surface area (Å²) in [6.45, 7) is 11.1. The second-order valence-corrected chi connectivity index (χ2v) is 9.77. The zero-order valence-electron chi connectivity index (χ0n) is 22.3. The molecule has 1 aromatic rings. The molecule has 1 rings (SSSR count). The first-order valence-corrected chi connectivity index (χ1v) is 12.6. The van der Waals surface area contributed by atoms with Gasteiger partial charge in [-0.2, -0.15) is 0 Å². The van der Waals surface area contributed by atoms with Crippen LogP contribution >= 0.6 is 0 Å². The van der Waals surface area contributed by atoms with Gasteiger partial charge in [-0.25, -0.2) is 0 Å². The first kappa shape index (κ1) is 31.1. The Hall–Kier alpha value is -2.94. The second-order valence-electron chi connectivity index (χ2n) is 9.77. The van der Waals surface area contributed by atoms with Crippen LogP contribution in [0, 0.1) is 11.8 Å². The van der Waals surface area contributed by atoms with Crippen molar-refractivity contribution in [2.45, 2.75) is 92.2 Å². The number of benzene rings is 1. The van der Waals surface area contributed by atoms with Crippen LogP contribution in [0.2, 0.25) is 0 Å². The van der Waals surface area contributed by atoms with Gasteiger partial charge in [0.2, 0.25) is 0 Å². The van der Waals surface area contributed by atoms with Crippen LogP contribution < -0.4 is 15.2 Å². The standard InChI is InChI=1S/C27H41NO8/c1-7-8-9-24(29)33-16-19(6)34-27(32)21(28)14-20-10-11-22(35-25(30)12-17(2)3)23(15-20)36-26(31)13-18(4)5/h10-11,15,17-19,21H,7-9,12-14,16,28H2,1-6H3/t19-,21-/m0/s1. The second kappa shape index (κ2) is 15.9. The van der Waals surface area contributed by atoms with Gasteiger partial charge in [0, 0.05) is 19.3 Å². The van der Waals surface area contributed by atoms with E-state index in [0.29, 0.717) is 12.0 Å². The molecule has 0 radical (unpaired) electrons. The minimum absolute atomic E-state index is 0.0482. The zero-order chi connectivity index (χ0) is 27.3. The van der Waals surface area contributed by atoms with E-state index in [1.807, 2.05) is 34.6 Å². The summed E-state index contributed by atoms with van der Waals surface area (Å²) in [6, 6.07) is 3.69. The molecule has 0 fully saturated rings. The first-order valence-electron chi connectivity index (χ1n) is 12.6. The third-order valence-electron chi connectivity index (χ3n) is 4.89. The minimum atomic E-state index is -1.00. The molecule has 36 heavy (non-hydrogen) atoms. The van der Waals surface area contributed by atoms with Gasteiger partial charge < -0.3 is 24.7 Å². The molecular weight excluding hydrogens is 466 g/mol. The fourth-order valence-electron chi connectivity index (χ4n) is 3.10. The van der Waals surface area contributed by atoms with Crippen LogP contribution in [-0.4, -0.2) is 42.6 Å². The molecule has 0 aliphatic heterocycles. The summed E-state index contributed by atoms with van der Waals surface area (Å²) in [6.07, 6.45) is 1.79. The van der Waals surface area contributed by atoms with Crippen LogP contribution in [0.4, 0.5) is 0 Å². The van der Waals surface area contributed by atoms with Crippen LogP contribution in [-0.2, 0) is 35.1 Å². The molecule has 1 aromatic carbocycles. The van der Waals surface area contributed by atoms with Crippen molar-refractivity contribution in [3.05, 3.63) is 23.8 Å². The van der Waals surface area contributed by atoms with Gasteiger partial charge in [0.05, 0.1) is 0 Å². The molecule has 0 aliphatic rings. The van der Waals surface area contributed by atoms with Crippen molar-refractivity contribution in [1.29, 1.82) is 0 Å². The number of unbranched alkanes of at least 4 members (excludes halogenated alkanes) is 1. The van der Waals surface area contributed by atoms with E-state index in [1.165, 1.54) is 12.1 Å². The summed E-state index contributed by atoms with van der Waals surface area (Å²) >= 11 is 0. The molecule has 2 atom stereocenters. The average Bonchev–Trinajstić information content (AvgIpc) is 2.76. The van der Waals surface area contributed by atoms with E-state index in [-0.39, 0.29) is 55.2 Å². The SMILES string of the molecule is CCCCC(=O)OC[C@H](C)OC(=O)[C@@H](N)Cc1ccc(OC(=O)CC(C)C)c(OC(=O)CC(C)C)c1. The van der Waals surface area contributed by atoms with E-state index in [2.05, 4.69) is 0 Å². The Morgan fingerprint density at radius 3 is 2.00 bits per heavy atom. The van der Waals surface area contributed by atoms with Gasteiger partial charge in [0.25, 0.3) is 0 Å². The number of ether oxygens (including phenoxy) is 4. The van der Waals surface area contributed by atoms with E-state index in [0.717, 1.165) is 12.8 Å². The molecule has 0 aromatic heterocycles. The van der Waals surface area contributed by atoms with Crippen molar-refractivity contribution >= 4 is 23.9 Å². The predicted octanol–water partition coefficient (Wildman–Crippen LogP) is 4.12. The lowest BCUT2D eigenvalue weighted by Crippen LogP contribution is -2.37. The van der Waals surface area contributed by atoms with Gasteiger partial charge in [-0.1, -0.05) is 47.1 Å². The summed E-state index contributed by atoms with van der Waals surface area (Å²) in [5.41, 5.74) is 6.63. The van der Waals surface area contributed by atoms with Crippen LogP contribution in [0.15, 0.2) is 18.2 Å². The Labute approximate surface area is 214 Å². The Balaban J connectivity index is 2.84. The highest BCUT2D eigenvalue weighted by Crippen LogP contribution is 2.30. The minimum Gasteiger partial charge on any atom is -0.462 e. The molecule has 0 saturated carbocycles. The summed E-state index contributed by atoms with van der Waals surface area (Å²) in [5.74, 6) is -1.49. The molecule has 0 heterocycles. The molecule has 0 aliphatic carbocycles. The van der Waals surface area contributed by atoms with E-state index in [4.69, 9.17) is 24.7 Å². The first-order chi connectivity index (χ1) is 16.9. The number of carbonyl (C=O) groups excluding carboxylic acids is 4. The molecule has 0 saturated heterocycles. The number of hydrogen-bond acceptors (Lipinski definition) is 9. The van der Waals surface area contributed by atoms with Gasteiger partial charge in [-0.3, -0.25) is 19.2 Å². The molecule has 202 valence electrons. The third-order valence-corrected chi connectivity index (χ3v) is 4.89. The summed E-state index contributed by atoms with van der Waals surface area (Å²) in [7, 11) is 0. The number of nitrogens with two attached hydrogens (primary N) is 1. The average molecular weight is 508 g/mol. The zero-order valence-corrected chi connectivity index (χ0v) is 22.3. The lowest BCUT2D eigenvalue weighted by Gasteiger charge is -2.18. The lowest BCUT2D eigenvalue weighted by atomic mass is 10.1. The Kier molecular flexibility index (Phi) is 13.8. The van der Waals surface area contributed by atoms with Crippen molar-refractivity contribution < 1.29 is 38.1 Å². The number of rotatable bonds is 15. The van der Waals surface area contributed by atoms with Crippen LogP contribution in [0.3, 0.4) is 0 Å². The molecular formula is C27H41NO8. The maximum absolute atomic E-state index is 12.4. The maximum atomic E-state index is 12.4. The monoisotopic (exact) mass is 507 g/mol. The van der Waals surface area contributed by atoms with Gasteiger partial charge >= 0.3 is 23.9 Å². The van der Waals surface area contributed by atoms with Gasteiger partial charge in [0.1, 0.15) is 18.8 Å². The molecule has 0 unspecified atom stereocenters. The van der Waals surface area contributed by atoms with E-state index in [9.17, 15) is 19.2 Å². The highest BCUT2D eigenvalue weighted by atomic mass is 16.6. The molecule has 0 bridgehead atoms. The van der Waals surface area contributed by atoms with Crippen LogP contribution in [0.5, 0.6) is 11.5 Å². The molecule has 0 amide bonds. The number of esters is 4. The van der Waals surface area contributed by atoms with Crippen LogP contribution in [0.25, 0.3) is 0 Å². The fourth-order valence-corrected chi connectivity index (χ4v) is 3.10. The van der Waals surface area contributed by atoms with E-state index in [1.54, 1.807) is 13.0 Å². The molecule has 2 N–H and O–H groups in total. The number of carbonyl (C=O) groups is 4. The topological polar surface area (TPSA) is 131 Å². The molecule has 9 nitrogen and oxygen atoms in total. The largest absolute Gasteiger partial charge is 0.462 e. The molecule has 0 spiro atoms. The molecule has 9 heteroatoms. The summed E-state index contributed by atoms with van der Waals surface area (Å²) < 4.78 is 21.3. The fraction of sp³-hybridized carbons (Fsp3) is 0.630. The highest BCUT2D eigenvalue weighted by Gasteiger charge is 2.22. The predicted molar refractivity (Wildman–Crippen MR) is 134 cm³/mol. The lowest BCUT2D eigenvalue weighted by molar-refractivity contribution is -0.159. The van der Waals surface area contributed by atoms with Crippen molar-refractivity contribution in [2.75, 3.05) is 6.61 Å². The van der Waals surface area contributed by atoms with Crippen molar-refractivity contribution in [2.24, 2.45) is 17.6 Å². The van der Waals surface area contributed by atoms with Gasteiger partial charge in [-0.15, -0.1) is 0 Å². The van der Waals surface area contributed by atoms with Crippen molar-refractivity contribution in [1.82, 2.24) is 0 Å². The van der Waals surface area contributed by atoms with Crippen LogP contribution in [0.1, 0.15) is 79.2 Å². The third kappa shape index (κ3) is 12.7. The number of hydrogen-bond donors (Lipinski definition) is 1. The van der Waals surface area contributed by atoms with Crippen molar-refractivity contribution in [3.63, 3.8) is 0 Å². The highest BCUT2D eigenvalue weighted by molar-refractivity contribution is 5.77. The maximum Gasteiger partial charge on any atom is 0.323 e. The normalized spacial score (nSPS) is 12.7. The summed E-state index contributed by atoms with van der Waals surface area (Å²) in [5, 5.41) is 0. The Morgan fingerprint density at radius 2 is 1.44 bits per heavy atom. The quantitative estimate of drug-likeness (QED) is 0.275. The van der Waals surface area contributed by atoms with Gasteiger partial charge in [-0.05, 0) is 49.3 Å². The van der Waals surface area contributed by atoms with E-state index >= 15 is 0 Å².